The number of aromatic nitrogens is 3. The normalized spacial score (nSPS) is 10.9. The van der Waals surface area contributed by atoms with Crippen molar-refractivity contribution in [1.82, 2.24) is 15.0 Å². The van der Waals surface area contributed by atoms with E-state index in [1.54, 1.807) is 18.0 Å². The van der Waals surface area contributed by atoms with Crippen LogP contribution in [0.3, 0.4) is 0 Å². The fourth-order valence-electron chi connectivity index (χ4n) is 1.88. The Labute approximate surface area is 115 Å². The third kappa shape index (κ3) is 2.88. The van der Waals surface area contributed by atoms with E-state index < -0.39 is 0 Å². The van der Waals surface area contributed by atoms with Crippen LogP contribution in [0.1, 0.15) is 5.56 Å². The van der Waals surface area contributed by atoms with E-state index in [4.69, 9.17) is 5.73 Å². The minimum Gasteiger partial charge on any atom is -0.399 e. The molecule has 0 radical (unpaired) electrons. The maximum absolute atomic E-state index is 5.75. The van der Waals surface area contributed by atoms with Gasteiger partial charge in [-0.1, -0.05) is 17.8 Å². The average Bonchev–Trinajstić information content (AvgIpc) is 2.82. The number of aromatic amines is 1. The van der Waals surface area contributed by atoms with Gasteiger partial charge in [-0.25, -0.2) is 4.98 Å². The number of pyridine rings is 1. The number of imidazole rings is 1. The molecule has 0 fully saturated rings. The van der Waals surface area contributed by atoms with Gasteiger partial charge in [0.2, 0.25) is 0 Å². The van der Waals surface area contributed by atoms with Crippen molar-refractivity contribution in [2.45, 2.75) is 11.6 Å². The van der Waals surface area contributed by atoms with Gasteiger partial charge in [0.25, 0.3) is 0 Å². The predicted molar refractivity (Wildman–Crippen MR) is 79.2 cm³/mol. The lowest BCUT2D eigenvalue weighted by atomic mass is 10.2. The molecular formula is C14H14N4S. The van der Waals surface area contributed by atoms with Gasteiger partial charge in [0.05, 0.1) is 11.0 Å². The quantitative estimate of drug-likeness (QED) is 0.565. The van der Waals surface area contributed by atoms with Crippen LogP contribution in [0.5, 0.6) is 0 Å². The molecule has 0 aliphatic heterocycles. The van der Waals surface area contributed by atoms with Crippen molar-refractivity contribution in [3.63, 3.8) is 0 Å². The number of benzene rings is 1. The minimum atomic E-state index is 0.753. The van der Waals surface area contributed by atoms with Gasteiger partial charge in [-0.3, -0.25) is 4.98 Å². The van der Waals surface area contributed by atoms with Crippen LogP contribution in [0.2, 0.25) is 0 Å². The van der Waals surface area contributed by atoms with Crippen LogP contribution in [0.15, 0.2) is 47.9 Å². The Bertz CT molecular complexity index is 678. The summed E-state index contributed by atoms with van der Waals surface area (Å²) in [6.07, 6.45) is 4.68. The smallest absolute Gasteiger partial charge is 0.166 e. The van der Waals surface area contributed by atoms with Gasteiger partial charge in [0.1, 0.15) is 0 Å². The highest BCUT2D eigenvalue weighted by molar-refractivity contribution is 7.99. The van der Waals surface area contributed by atoms with Crippen molar-refractivity contribution in [3.8, 4) is 0 Å². The monoisotopic (exact) mass is 270 g/mol. The van der Waals surface area contributed by atoms with Crippen LogP contribution in [0.4, 0.5) is 5.69 Å². The summed E-state index contributed by atoms with van der Waals surface area (Å²) in [7, 11) is 0. The van der Waals surface area contributed by atoms with E-state index in [0.29, 0.717) is 0 Å². The van der Waals surface area contributed by atoms with Crippen LogP contribution in [0, 0.1) is 0 Å². The second-order valence-corrected chi connectivity index (χ2v) is 5.36. The number of hydrogen-bond donors (Lipinski definition) is 2. The van der Waals surface area contributed by atoms with Crippen molar-refractivity contribution >= 4 is 28.5 Å². The number of anilines is 1. The number of nitrogens with two attached hydrogens (primary N) is 1. The van der Waals surface area contributed by atoms with Crippen LogP contribution < -0.4 is 5.73 Å². The fourth-order valence-corrected chi connectivity index (χ4v) is 2.76. The molecule has 3 N–H and O–H groups in total. The molecule has 19 heavy (non-hydrogen) atoms. The molecule has 0 atom stereocenters. The molecule has 96 valence electrons. The van der Waals surface area contributed by atoms with Crippen molar-refractivity contribution < 1.29 is 0 Å². The molecular weight excluding hydrogens is 256 g/mol. The molecule has 0 saturated heterocycles. The predicted octanol–water partition coefficient (Wildman–Crippen LogP) is 2.87. The number of thioether (sulfide) groups is 1. The van der Waals surface area contributed by atoms with Crippen molar-refractivity contribution in [2.75, 3.05) is 11.5 Å². The molecule has 1 aromatic carbocycles. The maximum Gasteiger partial charge on any atom is 0.166 e. The first kappa shape index (κ1) is 12.0. The van der Waals surface area contributed by atoms with Gasteiger partial charge in [-0.2, -0.15) is 0 Å². The molecule has 0 aliphatic rings. The summed E-state index contributed by atoms with van der Waals surface area (Å²) >= 11 is 1.71. The molecule has 0 bridgehead atoms. The number of nitrogens with one attached hydrogen (secondary N) is 1. The zero-order valence-corrected chi connectivity index (χ0v) is 11.2. The SMILES string of the molecule is Nc1ccc2nc(SCCc3cccnc3)[nH]c2c1. The third-order valence-corrected chi connectivity index (χ3v) is 3.71. The van der Waals surface area contributed by atoms with Gasteiger partial charge in [0, 0.05) is 23.8 Å². The van der Waals surface area contributed by atoms with E-state index in [9.17, 15) is 0 Å². The first-order chi connectivity index (χ1) is 9.31. The lowest BCUT2D eigenvalue weighted by Gasteiger charge is -1.98. The summed E-state index contributed by atoms with van der Waals surface area (Å²) in [5, 5.41) is 0.935. The number of hydrogen-bond acceptors (Lipinski definition) is 4. The van der Waals surface area contributed by atoms with E-state index in [1.807, 2.05) is 30.5 Å². The molecule has 4 nitrogen and oxygen atoms in total. The highest BCUT2D eigenvalue weighted by Gasteiger charge is 2.03. The van der Waals surface area contributed by atoms with E-state index >= 15 is 0 Å². The van der Waals surface area contributed by atoms with Crippen LogP contribution in [0.25, 0.3) is 11.0 Å². The summed E-state index contributed by atoms with van der Waals surface area (Å²) in [5.74, 6) is 0.973. The Morgan fingerprint density at radius 3 is 3.05 bits per heavy atom. The largest absolute Gasteiger partial charge is 0.399 e. The summed E-state index contributed by atoms with van der Waals surface area (Å²) < 4.78 is 0. The van der Waals surface area contributed by atoms with Crippen molar-refractivity contribution in [3.05, 3.63) is 48.3 Å². The standard InChI is InChI=1S/C14H14N4S/c15-11-3-4-12-13(8-11)18-14(17-12)19-7-5-10-2-1-6-16-9-10/h1-4,6,8-9H,5,7,15H2,(H,17,18). The van der Waals surface area contributed by atoms with Gasteiger partial charge in [0.15, 0.2) is 5.16 Å². The van der Waals surface area contributed by atoms with E-state index in [2.05, 4.69) is 21.0 Å². The third-order valence-electron chi connectivity index (χ3n) is 2.84. The van der Waals surface area contributed by atoms with Gasteiger partial charge >= 0.3 is 0 Å². The Balaban J connectivity index is 1.65. The number of fused-ring (bicyclic) bond motifs is 1. The number of nitrogen functional groups attached to an aromatic ring is 1. The molecule has 0 aliphatic carbocycles. The highest BCUT2D eigenvalue weighted by atomic mass is 32.2. The number of nitrogens with zero attached hydrogens (tertiary/aromatic N) is 2. The molecule has 0 saturated carbocycles. The zero-order chi connectivity index (χ0) is 13.1. The molecule has 2 aromatic heterocycles. The van der Waals surface area contributed by atoms with Crippen molar-refractivity contribution in [1.29, 1.82) is 0 Å². The molecule has 0 spiro atoms. The summed E-state index contributed by atoms with van der Waals surface area (Å²) in [6, 6.07) is 9.77. The fraction of sp³-hybridized carbons (Fsp3) is 0.143. The van der Waals surface area contributed by atoms with E-state index in [0.717, 1.165) is 34.1 Å². The Kier molecular flexibility index (Phi) is 3.37. The lowest BCUT2D eigenvalue weighted by molar-refractivity contribution is 1.06. The second-order valence-electron chi connectivity index (χ2n) is 4.28. The summed E-state index contributed by atoms with van der Waals surface area (Å²) in [4.78, 5) is 11.9. The first-order valence-corrected chi connectivity index (χ1v) is 7.07. The number of aryl methyl sites for hydroxylation is 1. The average molecular weight is 270 g/mol. The van der Waals surface area contributed by atoms with Crippen LogP contribution in [-0.2, 0) is 6.42 Å². The Morgan fingerprint density at radius 2 is 2.21 bits per heavy atom. The van der Waals surface area contributed by atoms with Crippen molar-refractivity contribution in [2.24, 2.45) is 0 Å². The Hall–Kier alpha value is -2.01. The topological polar surface area (TPSA) is 67.6 Å². The molecule has 0 unspecified atom stereocenters. The molecule has 5 heteroatoms. The minimum absolute atomic E-state index is 0.753. The lowest BCUT2D eigenvalue weighted by Crippen LogP contribution is -1.89. The van der Waals surface area contributed by atoms with Crippen LogP contribution >= 0.6 is 11.8 Å². The van der Waals surface area contributed by atoms with E-state index in [1.165, 1.54) is 5.56 Å². The highest BCUT2D eigenvalue weighted by Crippen LogP contribution is 2.21. The molecule has 3 aromatic rings. The second kappa shape index (κ2) is 5.32. The number of rotatable bonds is 4. The molecule has 3 rings (SSSR count). The maximum atomic E-state index is 5.75. The van der Waals surface area contributed by atoms with Gasteiger partial charge < -0.3 is 10.7 Å². The number of H-pyrrole nitrogens is 1. The summed E-state index contributed by atoms with van der Waals surface area (Å²) in [6.45, 7) is 0. The summed E-state index contributed by atoms with van der Waals surface area (Å²) in [5.41, 5.74) is 9.69. The van der Waals surface area contributed by atoms with Gasteiger partial charge in [-0.15, -0.1) is 0 Å². The van der Waals surface area contributed by atoms with Crippen LogP contribution in [-0.4, -0.2) is 20.7 Å². The zero-order valence-electron chi connectivity index (χ0n) is 10.3. The van der Waals surface area contributed by atoms with E-state index in [-0.39, 0.29) is 0 Å². The first-order valence-electron chi connectivity index (χ1n) is 6.08. The Morgan fingerprint density at radius 1 is 1.26 bits per heavy atom. The molecule has 0 amide bonds. The molecule has 2 heterocycles. The van der Waals surface area contributed by atoms with Gasteiger partial charge in [-0.05, 0) is 36.2 Å².